The molecule has 0 aromatic heterocycles. The van der Waals surface area contributed by atoms with Gasteiger partial charge in [0.15, 0.2) is 0 Å². The molecule has 2 N–H and O–H groups in total. The van der Waals surface area contributed by atoms with E-state index in [2.05, 4.69) is 45.3 Å². The van der Waals surface area contributed by atoms with Crippen LogP contribution in [-0.2, 0) is 0 Å². The van der Waals surface area contributed by atoms with Gasteiger partial charge in [0.1, 0.15) is 0 Å². The molecule has 0 atom stereocenters. The number of carbonyl (C=O) groups excluding carboxylic acids is 2. The van der Waals surface area contributed by atoms with Crippen LogP contribution in [0.2, 0.25) is 0 Å². The summed E-state index contributed by atoms with van der Waals surface area (Å²) in [5.41, 5.74) is 2.87. The summed E-state index contributed by atoms with van der Waals surface area (Å²) < 4.78 is 0.895. The summed E-state index contributed by atoms with van der Waals surface area (Å²) in [5.74, 6) is -0.297. The van der Waals surface area contributed by atoms with Gasteiger partial charge in [0.25, 0.3) is 11.8 Å². The van der Waals surface area contributed by atoms with Gasteiger partial charge >= 0.3 is 0 Å². The highest BCUT2D eigenvalue weighted by atomic mass is 79.9. The van der Waals surface area contributed by atoms with Gasteiger partial charge in [0.05, 0.1) is 0 Å². The highest BCUT2D eigenvalue weighted by Gasteiger charge is 2.09. The Balaban J connectivity index is 1.91. The molecule has 2 amide bonds. The lowest BCUT2D eigenvalue weighted by molar-refractivity contribution is 0.0948. The zero-order chi connectivity index (χ0) is 19.8. The summed E-state index contributed by atoms with van der Waals surface area (Å²) in [5, 5.41) is 5.77. The van der Waals surface area contributed by atoms with E-state index in [1.807, 2.05) is 13.0 Å². The second-order valence-corrected chi connectivity index (χ2v) is 7.13. The fourth-order valence-electron chi connectivity index (χ4n) is 2.61. The van der Waals surface area contributed by atoms with Crippen LogP contribution in [0.5, 0.6) is 0 Å². The number of anilines is 1. The number of nitrogens with one attached hydrogen (secondary N) is 2. The number of aryl methyl sites for hydroxylation is 1. The maximum Gasteiger partial charge on any atom is 0.255 e. The van der Waals surface area contributed by atoms with Gasteiger partial charge in [-0.25, -0.2) is 0 Å². The minimum absolute atomic E-state index is 0.109. The van der Waals surface area contributed by atoms with E-state index in [1.165, 1.54) is 0 Å². The number of benzene rings is 2. The third-order valence-electron chi connectivity index (χ3n) is 4.45. The first-order chi connectivity index (χ1) is 12.9. The molecule has 0 radical (unpaired) electrons. The number of halogens is 1. The molecule has 0 aliphatic heterocycles. The molecule has 2 aromatic carbocycles. The monoisotopic (exact) mass is 431 g/mol. The smallest absolute Gasteiger partial charge is 0.255 e. The van der Waals surface area contributed by atoms with E-state index in [0.717, 1.165) is 29.7 Å². The van der Waals surface area contributed by atoms with Crippen molar-refractivity contribution in [1.29, 1.82) is 0 Å². The van der Waals surface area contributed by atoms with Crippen molar-refractivity contribution in [3.63, 3.8) is 0 Å². The molecule has 0 bridgehead atoms. The Hall–Kier alpha value is -2.18. The quantitative estimate of drug-likeness (QED) is 0.661. The Morgan fingerprint density at radius 3 is 2.19 bits per heavy atom. The van der Waals surface area contributed by atoms with Crippen molar-refractivity contribution in [2.45, 2.75) is 20.8 Å². The summed E-state index contributed by atoms with van der Waals surface area (Å²) >= 11 is 3.44. The van der Waals surface area contributed by atoms with Crippen molar-refractivity contribution in [1.82, 2.24) is 10.2 Å². The van der Waals surface area contributed by atoms with E-state index in [9.17, 15) is 9.59 Å². The van der Waals surface area contributed by atoms with Crippen LogP contribution >= 0.6 is 15.9 Å². The minimum Gasteiger partial charge on any atom is -0.351 e. The summed E-state index contributed by atoms with van der Waals surface area (Å²) in [4.78, 5) is 26.8. The minimum atomic E-state index is -0.188. The van der Waals surface area contributed by atoms with Gasteiger partial charge < -0.3 is 15.5 Å². The van der Waals surface area contributed by atoms with E-state index < -0.39 is 0 Å². The lowest BCUT2D eigenvalue weighted by Crippen LogP contribution is -2.34. The number of nitrogens with zero attached hydrogens (tertiary/aromatic N) is 1. The number of hydrogen-bond donors (Lipinski definition) is 2. The SMILES string of the molecule is CCN(CC)CCNC(=O)c1ccc(NC(=O)c2ccc(C)c(Br)c2)cc1. The topological polar surface area (TPSA) is 61.4 Å². The zero-order valence-corrected chi connectivity index (χ0v) is 17.6. The molecule has 27 heavy (non-hydrogen) atoms. The number of hydrogen-bond acceptors (Lipinski definition) is 3. The Labute approximate surface area is 169 Å². The van der Waals surface area contributed by atoms with Crippen LogP contribution in [0.25, 0.3) is 0 Å². The second kappa shape index (κ2) is 10.2. The molecule has 0 spiro atoms. The molecule has 0 saturated heterocycles. The number of amides is 2. The van der Waals surface area contributed by atoms with Crippen molar-refractivity contribution >= 4 is 33.4 Å². The summed E-state index contributed by atoms with van der Waals surface area (Å²) in [6, 6.07) is 12.4. The number of likely N-dealkylation sites (N-methyl/N-ethyl adjacent to an activating group) is 1. The van der Waals surface area contributed by atoms with Gasteiger partial charge in [-0.2, -0.15) is 0 Å². The number of rotatable bonds is 8. The first-order valence-corrected chi connectivity index (χ1v) is 9.92. The van der Waals surface area contributed by atoms with Crippen LogP contribution in [0.1, 0.15) is 40.1 Å². The van der Waals surface area contributed by atoms with Crippen LogP contribution < -0.4 is 10.6 Å². The molecule has 0 fully saturated rings. The Bertz CT molecular complexity index is 787. The summed E-state index contributed by atoms with van der Waals surface area (Å²) in [6.07, 6.45) is 0. The Kier molecular flexibility index (Phi) is 8.00. The van der Waals surface area contributed by atoms with E-state index in [0.29, 0.717) is 23.4 Å². The van der Waals surface area contributed by atoms with E-state index in [-0.39, 0.29) is 11.8 Å². The first-order valence-electron chi connectivity index (χ1n) is 9.12. The van der Waals surface area contributed by atoms with Crippen molar-refractivity contribution in [3.8, 4) is 0 Å². The average Bonchev–Trinajstić information content (AvgIpc) is 2.67. The molecule has 2 aromatic rings. The molecular weight excluding hydrogens is 406 g/mol. The van der Waals surface area contributed by atoms with Crippen LogP contribution in [0.3, 0.4) is 0 Å². The zero-order valence-electron chi connectivity index (χ0n) is 16.0. The predicted molar refractivity (Wildman–Crippen MR) is 113 cm³/mol. The molecule has 144 valence electrons. The predicted octanol–water partition coefficient (Wildman–Crippen LogP) is 4.08. The highest BCUT2D eigenvalue weighted by Crippen LogP contribution is 2.19. The lowest BCUT2D eigenvalue weighted by Gasteiger charge is -2.18. The largest absolute Gasteiger partial charge is 0.351 e. The third kappa shape index (κ3) is 6.19. The van der Waals surface area contributed by atoms with Gasteiger partial charge in [0.2, 0.25) is 0 Å². The molecule has 0 saturated carbocycles. The number of carbonyl (C=O) groups is 2. The van der Waals surface area contributed by atoms with Crippen LogP contribution in [0.4, 0.5) is 5.69 Å². The van der Waals surface area contributed by atoms with Crippen molar-refractivity contribution in [2.24, 2.45) is 0 Å². The highest BCUT2D eigenvalue weighted by molar-refractivity contribution is 9.10. The maximum absolute atomic E-state index is 12.3. The summed E-state index contributed by atoms with van der Waals surface area (Å²) in [7, 11) is 0. The molecule has 6 heteroatoms. The molecular formula is C21H26BrN3O2. The van der Waals surface area contributed by atoms with Gasteiger partial charge in [-0.05, 0) is 62.0 Å². The maximum atomic E-state index is 12.3. The summed E-state index contributed by atoms with van der Waals surface area (Å²) in [6.45, 7) is 9.57. The van der Waals surface area contributed by atoms with Gasteiger partial charge in [-0.15, -0.1) is 0 Å². The standard InChI is InChI=1S/C21H26BrN3O2/c1-4-25(5-2)13-12-23-20(26)16-8-10-18(11-9-16)24-21(27)17-7-6-15(3)19(22)14-17/h6-11,14H,4-5,12-13H2,1-3H3,(H,23,26)(H,24,27). The molecule has 2 rings (SSSR count). The van der Waals surface area contributed by atoms with E-state index in [1.54, 1.807) is 36.4 Å². The van der Waals surface area contributed by atoms with Crippen molar-refractivity contribution < 1.29 is 9.59 Å². The van der Waals surface area contributed by atoms with E-state index in [4.69, 9.17) is 0 Å². The van der Waals surface area contributed by atoms with Gasteiger partial charge in [-0.3, -0.25) is 9.59 Å². The Morgan fingerprint density at radius 2 is 1.59 bits per heavy atom. The van der Waals surface area contributed by atoms with E-state index >= 15 is 0 Å². The van der Waals surface area contributed by atoms with Crippen molar-refractivity contribution in [3.05, 3.63) is 63.6 Å². The first kappa shape index (κ1) is 21.1. The fraction of sp³-hybridized carbons (Fsp3) is 0.333. The average molecular weight is 432 g/mol. The molecule has 0 unspecified atom stereocenters. The van der Waals surface area contributed by atoms with Crippen LogP contribution in [0, 0.1) is 6.92 Å². The normalized spacial score (nSPS) is 10.7. The molecule has 0 aliphatic carbocycles. The Morgan fingerprint density at radius 1 is 0.963 bits per heavy atom. The third-order valence-corrected chi connectivity index (χ3v) is 5.30. The fourth-order valence-corrected chi connectivity index (χ4v) is 2.99. The lowest BCUT2D eigenvalue weighted by atomic mass is 10.1. The van der Waals surface area contributed by atoms with Crippen LogP contribution in [-0.4, -0.2) is 42.9 Å². The molecule has 0 heterocycles. The van der Waals surface area contributed by atoms with Crippen molar-refractivity contribution in [2.75, 3.05) is 31.5 Å². The molecule has 5 nitrogen and oxygen atoms in total. The van der Waals surface area contributed by atoms with Gasteiger partial charge in [0, 0.05) is 34.4 Å². The second-order valence-electron chi connectivity index (χ2n) is 6.28. The van der Waals surface area contributed by atoms with Gasteiger partial charge in [-0.1, -0.05) is 35.8 Å². The molecule has 0 aliphatic rings. The van der Waals surface area contributed by atoms with Crippen LogP contribution in [0.15, 0.2) is 46.9 Å².